The van der Waals surface area contributed by atoms with Crippen LogP contribution in [0.5, 0.6) is 5.75 Å². The van der Waals surface area contributed by atoms with Crippen LogP contribution in [0.4, 0.5) is 4.39 Å². The normalized spacial score (nSPS) is 14.1. The maximum atomic E-state index is 13.8. The zero-order chi connectivity index (χ0) is 32.0. The zero-order valence-electron chi connectivity index (χ0n) is 25.1. The molecule has 0 atom stereocenters. The summed E-state index contributed by atoms with van der Waals surface area (Å²) in [6.45, 7) is 2.06. The van der Waals surface area contributed by atoms with Gasteiger partial charge in [0.25, 0.3) is 11.8 Å². The standard InChI is InChI=1S/C38H29FN4O3/c1-26-34(37(44)42(38(45)35(26)23-40)21-20-27-8-4-2-5-9-27)22-30-24-43(32-10-6-3-7-11-32)41-36(30)29-14-18-33(19-15-29)46-25-28-12-16-31(39)17-13-28/h2-19,22,24H,20-21,25H2,1H3/b34-22+. The lowest BCUT2D eigenvalue weighted by atomic mass is 9.93. The van der Waals surface area contributed by atoms with E-state index in [1.54, 1.807) is 29.8 Å². The zero-order valence-corrected chi connectivity index (χ0v) is 25.1. The molecule has 0 saturated carbocycles. The Labute approximate surface area is 266 Å². The minimum atomic E-state index is -0.588. The third kappa shape index (κ3) is 6.40. The fourth-order valence-electron chi connectivity index (χ4n) is 5.26. The van der Waals surface area contributed by atoms with Gasteiger partial charge in [0.2, 0.25) is 0 Å². The van der Waals surface area contributed by atoms with Crippen LogP contribution < -0.4 is 4.74 Å². The van der Waals surface area contributed by atoms with E-state index in [4.69, 9.17) is 9.84 Å². The number of amides is 2. The van der Waals surface area contributed by atoms with E-state index in [9.17, 15) is 19.2 Å². The van der Waals surface area contributed by atoms with Crippen molar-refractivity contribution in [2.75, 3.05) is 6.54 Å². The Morgan fingerprint density at radius 2 is 1.52 bits per heavy atom. The van der Waals surface area contributed by atoms with Crippen LogP contribution in [0.25, 0.3) is 23.0 Å². The molecule has 8 heteroatoms. The Balaban J connectivity index is 1.35. The lowest BCUT2D eigenvalue weighted by Gasteiger charge is -2.27. The lowest BCUT2D eigenvalue weighted by Crippen LogP contribution is -2.43. The molecule has 1 aliphatic rings. The van der Waals surface area contributed by atoms with E-state index in [1.165, 1.54) is 12.1 Å². The molecule has 4 aromatic carbocycles. The molecule has 1 aliphatic heterocycles. The summed E-state index contributed by atoms with van der Waals surface area (Å²) in [7, 11) is 0. The summed E-state index contributed by atoms with van der Waals surface area (Å²) in [6, 6.07) is 34.7. The Hall–Kier alpha value is -6.07. The summed E-state index contributed by atoms with van der Waals surface area (Å²) in [6.07, 6.45) is 4.00. The summed E-state index contributed by atoms with van der Waals surface area (Å²) in [4.78, 5) is 28.2. The van der Waals surface area contributed by atoms with Crippen LogP contribution >= 0.6 is 0 Å². The van der Waals surface area contributed by atoms with Crippen LogP contribution in [-0.4, -0.2) is 33.0 Å². The highest BCUT2D eigenvalue weighted by Gasteiger charge is 2.35. The van der Waals surface area contributed by atoms with Gasteiger partial charge in [-0.25, -0.2) is 9.07 Å². The molecule has 7 nitrogen and oxygen atoms in total. The van der Waals surface area contributed by atoms with Crippen LogP contribution in [0.15, 0.2) is 132 Å². The van der Waals surface area contributed by atoms with Crippen molar-refractivity contribution in [1.29, 1.82) is 5.26 Å². The Morgan fingerprint density at radius 1 is 0.848 bits per heavy atom. The fraction of sp³-hybridized carbons (Fsp3) is 0.105. The average molecular weight is 609 g/mol. The van der Waals surface area contributed by atoms with Crippen LogP contribution in [-0.2, 0) is 22.6 Å². The second-order valence-corrected chi connectivity index (χ2v) is 10.8. The van der Waals surface area contributed by atoms with Gasteiger partial charge in [-0.2, -0.15) is 10.4 Å². The monoisotopic (exact) mass is 608 g/mol. The number of hydrogen-bond donors (Lipinski definition) is 0. The Bertz CT molecular complexity index is 1990. The van der Waals surface area contributed by atoms with Crippen LogP contribution in [0.3, 0.4) is 0 Å². The second-order valence-electron chi connectivity index (χ2n) is 10.8. The van der Waals surface area contributed by atoms with Crippen LogP contribution in [0, 0.1) is 17.1 Å². The molecule has 2 heterocycles. The predicted octanol–water partition coefficient (Wildman–Crippen LogP) is 7.09. The summed E-state index contributed by atoms with van der Waals surface area (Å²) >= 11 is 0. The molecular formula is C38H29FN4O3. The van der Waals surface area contributed by atoms with E-state index in [0.717, 1.165) is 27.3 Å². The number of imide groups is 1. The van der Waals surface area contributed by atoms with Crippen molar-refractivity contribution < 1.29 is 18.7 Å². The Kier molecular flexibility index (Phi) is 8.66. The number of nitriles is 1. The van der Waals surface area contributed by atoms with E-state index < -0.39 is 11.8 Å². The van der Waals surface area contributed by atoms with Gasteiger partial charge in [0, 0.05) is 29.4 Å². The minimum absolute atomic E-state index is 0.0569. The van der Waals surface area contributed by atoms with E-state index in [1.807, 2.05) is 97.2 Å². The molecule has 0 fully saturated rings. The van der Waals surface area contributed by atoms with Crippen molar-refractivity contribution in [1.82, 2.24) is 14.7 Å². The molecule has 0 bridgehead atoms. The van der Waals surface area contributed by atoms with Crippen LogP contribution in [0.2, 0.25) is 0 Å². The molecule has 0 N–H and O–H groups in total. The summed E-state index contributed by atoms with van der Waals surface area (Å²) in [5.41, 5.74) is 5.21. The number of hydrogen-bond acceptors (Lipinski definition) is 5. The van der Waals surface area contributed by atoms with Gasteiger partial charge >= 0.3 is 0 Å². The maximum Gasteiger partial charge on any atom is 0.271 e. The number of benzene rings is 4. The third-order valence-electron chi connectivity index (χ3n) is 7.80. The number of carbonyl (C=O) groups excluding carboxylic acids is 2. The molecule has 0 aliphatic carbocycles. The highest BCUT2D eigenvalue weighted by Crippen LogP contribution is 2.32. The first-order valence-corrected chi connectivity index (χ1v) is 14.8. The fourth-order valence-corrected chi connectivity index (χ4v) is 5.26. The minimum Gasteiger partial charge on any atom is -0.489 e. The highest BCUT2D eigenvalue weighted by atomic mass is 19.1. The molecule has 0 radical (unpaired) electrons. The smallest absolute Gasteiger partial charge is 0.271 e. The van der Waals surface area contributed by atoms with Crippen molar-refractivity contribution in [3.63, 3.8) is 0 Å². The Morgan fingerprint density at radius 3 is 2.20 bits per heavy atom. The topological polar surface area (TPSA) is 88.2 Å². The molecule has 226 valence electrons. The third-order valence-corrected chi connectivity index (χ3v) is 7.80. The number of ether oxygens (including phenoxy) is 1. The molecule has 2 amide bonds. The highest BCUT2D eigenvalue weighted by molar-refractivity contribution is 6.19. The molecule has 1 aromatic heterocycles. The van der Waals surface area contributed by atoms with E-state index in [-0.39, 0.29) is 30.1 Å². The van der Waals surface area contributed by atoms with Gasteiger partial charge in [0.1, 0.15) is 29.8 Å². The van der Waals surface area contributed by atoms with Crippen molar-refractivity contribution in [2.45, 2.75) is 20.0 Å². The van der Waals surface area contributed by atoms with Gasteiger partial charge in [-0.3, -0.25) is 14.5 Å². The van der Waals surface area contributed by atoms with E-state index in [2.05, 4.69) is 0 Å². The number of para-hydroxylation sites is 1. The quantitative estimate of drug-likeness (QED) is 0.132. The van der Waals surface area contributed by atoms with E-state index >= 15 is 0 Å². The molecule has 0 saturated heterocycles. The summed E-state index contributed by atoms with van der Waals surface area (Å²) < 4.78 is 20.9. The van der Waals surface area contributed by atoms with Gasteiger partial charge < -0.3 is 4.74 Å². The van der Waals surface area contributed by atoms with Crippen molar-refractivity contribution in [3.8, 4) is 28.8 Å². The number of aromatic nitrogens is 2. The average Bonchev–Trinajstić information content (AvgIpc) is 3.51. The summed E-state index contributed by atoms with van der Waals surface area (Å²) in [5.74, 6) is -0.720. The van der Waals surface area contributed by atoms with Crippen molar-refractivity contribution in [2.24, 2.45) is 0 Å². The molecule has 46 heavy (non-hydrogen) atoms. The summed E-state index contributed by atoms with van der Waals surface area (Å²) in [5, 5.41) is 14.8. The maximum absolute atomic E-state index is 13.8. The number of nitrogens with zero attached hydrogens (tertiary/aromatic N) is 4. The molecule has 5 aromatic rings. The number of halogens is 1. The SMILES string of the molecule is CC1=C(C#N)C(=O)N(CCc2ccccc2)C(=O)/C1=C/c1cn(-c2ccccc2)nc1-c1ccc(OCc2ccc(F)cc2)cc1. The van der Waals surface area contributed by atoms with Crippen LogP contribution in [0.1, 0.15) is 23.6 Å². The van der Waals surface area contributed by atoms with Gasteiger partial charge in [-0.05, 0) is 84.7 Å². The van der Waals surface area contributed by atoms with E-state index in [0.29, 0.717) is 29.0 Å². The number of rotatable bonds is 9. The molecule has 6 rings (SSSR count). The largest absolute Gasteiger partial charge is 0.489 e. The second kappa shape index (κ2) is 13.3. The van der Waals surface area contributed by atoms with Crippen molar-refractivity contribution in [3.05, 3.63) is 155 Å². The lowest BCUT2D eigenvalue weighted by molar-refractivity contribution is -0.140. The number of carbonyl (C=O) groups is 2. The van der Waals surface area contributed by atoms with Gasteiger partial charge in [-0.15, -0.1) is 0 Å². The molecule has 0 spiro atoms. The molecule has 0 unspecified atom stereocenters. The first-order chi connectivity index (χ1) is 22.4. The first-order valence-electron chi connectivity index (χ1n) is 14.8. The first kappa shape index (κ1) is 30.0. The van der Waals surface area contributed by atoms with Gasteiger partial charge in [0.05, 0.1) is 11.4 Å². The van der Waals surface area contributed by atoms with Crippen molar-refractivity contribution >= 4 is 17.9 Å². The van der Waals surface area contributed by atoms with Gasteiger partial charge in [0.15, 0.2) is 0 Å². The van der Waals surface area contributed by atoms with Gasteiger partial charge in [-0.1, -0.05) is 60.7 Å². The predicted molar refractivity (Wildman–Crippen MR) is 173 cm³/mol. The molecular weight excluding hydrogens is 579 g/mol.